The van der Waals surface area contributed by atoms with E-state index in [0.717, 1.165) is 22.3 Å². The highest BCUT2D eigenvalue weighted by Crippen LogP contribution is 2.37. The van der Waals surface area contributed by atoms with Gasteiger partial charge in [0.05, 0.1) is 7.11 Å². The van der Waals surface area contributed by atoms with Gasteiger partial charge in [0, 0.05) is 18.2 Å². The van der Waals surface area contributed by atoms with Crippen LogP contribution in [0.4, 0.5) is 13.2 Å². The predicted molar refractivity (Wildman–Crippen MR) is 117 cm³/mol. The van der Waals surface area contributed by atoms with Crippen molar-refractivity contribution in [3.05, 3.63) is 71.8 Å². The Morgan fingerprint density at radius 1 is 0.806 bits per heavy atom. The van der Waals surface area contributed by atoms with Crippen LogP contribution in [0.2, 0.25) is 0 Å². The molecule has 0 fully saturated rings. The molecule has 3 nitrogen and oxygen atoms in total. The Kier molecular flexibility index (Phi) is 6.32. The Morgan fingerprint density at radius 2 is 1.45 bits per heavy atom. The zero-order valence-electron chi connectivity index (χ0n) is 18.0. The number of alkyl halides is 3. The van der Waals surface area contributed by atoms with E-state index in [4.69, 9.17) is 10.5 Å². The first-order valence-electron chi connectivity index (χ1n) is 9.89. The maximum absolute atomic E-state index is 12.6. The molecule has 0 aliphatic rings. The molecular weight excluding hydrogens is 403 g/mol. The summed E-state index contributed by atoms with van der Waals surface area (Å²) in [6.45, 7) is 6.81. The standard InChI is InChI=1S/C25H26F3NO2/c1-24(2,3)20-7-5-17(6-8-20)18-11-16(15-29)12-19(13-18)22-10-9-21(14-23(22)30-4)31-25(26,27)28/h5-14H,15,29H2,1-4H3. The molecular formula is C25H26F3NO2. The molecule has 0 radical (unpaired) electrons. The highest BCUT2D eigenvalue weighted by molar-refractivity contribution is 5.78. The molecule has 3 aromatic carbocycles. The van der Waals surface area contributed by atoms with Crippen LogP contribution in [0.3, 0.4) is 0 Å². The van der Waals surface area contributed by atoms with Crippen molar-refractivity contribution in [2.75, 3.05) is 7.11 Å². The van der Waals surface area contributed by atoms with Crippen molar-refractivity contribution >= 4 is 0 Å². The molecule has 0 saturated carbocycles. The number of halogens is 3. The van der Waals surface area contributed by atoms with E-state index in [1.165, 1.54) is 24.8 Å². The maximum atomic E-state index is 12.6. The lowest BCUT2D eigenvalue weighted by molar-refractivity contribution is -0.274. The number of hydrogen-bond acceptors (Lipinski definition) is 3. The van der Waals surface area contributed by atoms with E-state index in [0.29, 0.717) is 12.1 Å². The van der Waals surface area contributed by atoms with Crippen LogP contribution in [0.1, 0.15) is 31.9 Å². The van der Waals surface area contributed by atoms with Gasteiger partial charge in [-0.15, -0.1) is 13.2 Å². The van der Waals surface area contributed by atoms with Crippen molar-refractivity contribution in [2.45, 2.75) is 39.1 Å². The van der Waals surface area contributed by atoms with Crippen LogP contribution >= 0.6 is 0 Å². The van der Waals surface area contributed by atoms with Crippen molar-refractivity contribution in [3.63, 3.8) is 0 Å². The van der Waals surface area contributed by atoms with Gasteiger partial charge in [0.15, 0.2) is 0 Å². The molecule has 3 aromatic rings. The second-order valence-electron chi connectivity index (χ2n) is 8.36. The monoisotopic (exact) mass is 429 g/mol. The van der Waals surface area contributed by atoms with Gasteiger partial charge in [0.1, 0.15) is 11.5 Å². The molecule has 0 saturated heterocycles. The topological polar surface area (TPSA) is 44.5 Å². The fraction of sp³-hybridized carbons (Fsp3) is 0.280. The smallest absolute Gasteiger partial charge is 0.496 e. The first kappa shape index (κ1) is 22.7. The molecule has 0 aliphatic heterocycles. The third-order valence-electron chi connectivity index (χ3n) is 5.03. The summed E-state index contributed by atoms with van der Waals surface area (Å²) in [5.74, 6) is -0.0500. The summed E-state index contributed by atoms with van der Waals surface area (Å²) in [4.78, 5) is 0. The minimum atomic E-state index is -4.77. The van der Waals surface area contributed by atoms with E-state index in [-0.39, 0.29) is 16.9 Å². The van der Waals surface area contributed by atoms with Gasteiger partial charge >= 0.3 is 6.36 Å². The molecule has 0 aliphatic carbocycles. The zero-order chi connectivity index (χ0) is 22.8. The van der Waals surface area contributed by atoms with E-state index in [9.17, 15) is 13.2 Å². The normalized spacial score (nSPS) is 12.0. The summed E-state index contributed by atoms with van der Waals surface area (Å²) in [6.07, 6.45) is -4.77. The average molecular weight is 429 g/mol. The molecule has 6 heteroatoms. The third kappa shape index (κ3) is 5.58. The lowest BCUT2D eigenvalue weighted by atomic mass is 9.86. The molecule has 0 unspecified atom stereocenters. The second-order valence-corrected chi connectivity index (χ2v) is 8.36. The van der Waals surface area contributed by atoms with E-state index < -0.39 is 6.36 Å². The summed E-state index contributed by atoms with van der Waals surface area (Å²) in [5, 5.41) is 0. The summed E-state index contributed by atoms with van der Waals surface area (Å²) in [6, 6.07) is 18.3. The third-order valence-corrected chi connectivity index (χ3v) is 5.03. The van der Waals surface area contributed by atoms with Crippen molar-refractivity contribution in [1.82, 2.24) is 0 Å². The quantitative estimate of drug-likeness (QED) is 0.492. The molecule has 0 atom stereocenters. The van der Waals surface area contributed by atoms with Crippen molar-refractivity contribution in [2.24, 2.45) is 5.73 Å². The van der Waals surface area contributed by atoms with Crippen LogP contribution in [0.15, 0.2) is 60.7 Å². The Bertz CT molecular complexity index is 1050. The van der Waals surface area contributed by atoms with Crippen molar-refractivity contribution in [1.29, 1.82) is 0 Å². The van der Waals surface area contributed by atoms with Gasteiger partial charge < -0.3 is 15.2 Å². The van der Waals surface area contributed by atoms with E-state index in [1.807, 2.05) is 18.2 Å². The van der Waals surface area contributed by atoms with Crippen LogP contribution in [0, 0.1) is 0 Å². The van der Waals surface area contributed by atoms with Gasteiger partial charge in [-0.2, -0.15) is 0 Å². The Labute approximate surface area is 180 Å². The number of hydrogen-bond donors (Lipinski definition) is 1. The van der Waals surface area contributed by atoms with Gasteiger partial charge in [-0.1, -0.05) is 45.0 Å². The molecule has 0 amide bonds. The molecule has 31 heavy (non-hydrogen) atoms. The highest BCUT2D eigenvalue weighted by atomic mass is 19.4. The van der Waals surface area contributed by atoms with Crippen molar-refractivity contribution < 1.29 is 22.6 Å². The summed E-state index contributed by atoms with van der Waals surface area (Å²) < 4.78 is 47.1. The van der Waals surface area contributed by atoms with Crippen LogP contribution in [-0.2, 0) is 12.0 Å². The fourth-order valence-electron chi connectivity index (χ4n) is 3.40. The minimum absolute atomic E-state index is 0.0520. The summed E-state index contributed by atoms with van der Waals surface area (Å²) in [7, 11) is 1.41. The number of ether oxygens (including phenoxy) is 2. The summed E-state index contributed by atoms with van der Waals surface area (Å²) in [5.41, 5.74) is 11.6. The van der Waals surface area contributed by atoms with Crippen LogP contribution in [0.25, 0.3) is 22.3 Å². The maximum Gasteiger partial charge on any atom is 0.573 e. The molecule has 0 bridgehead atoms. The molecule has 3 rings (SSSR count). The van der Waals surface area contributed by atoms with Crippen LogP contribution in [0.5, 0.6) is 11.5 Å². The number of rotatable bonds is 5. The average Bonchev–Trinajstić information content (AvgIpc) is 2.71. The van der Waals surface area contributed by atoms with Gasteiger partial charge in [-0.25, -0.2) is 0 Å². The number of nitrogens with two attached hydrogens (primary N) is 1. The first-order valence-corrected chi connectivity index (χ1v) is 9.89. The molecule has 0 heterocycles. The SMILES string of the molecule is COc1cc(OC(F)(F)F)ccc1-c1cc(CN)cc(-c2ccc(C(C)(C)C)cc2)c1. The minimum Gasteiger partial charge on any atom is -0.496 e. The Balaban J connectivity index is 2.05. The Hall–Kier alpha value is -2.99. The van der Waals surface area contributed by atoms with Crippen molar-refractivity contribution in [3.8, 4) is 33.8 Å². The largest absolute Gasteiger partial charge is 0.573 e. The van der Waals surface area contributed by atoms with E-state index in [1.54, 1.807) is 6.07 Å². The molecule has 0 aromatic heterocycles. The van der Waals surface area contributed by atoms with Gasteiger partial charge in [0.2, 0.25) is 0 Å². The van der Waals surface area contributed by atoms with Crippen LogP contribution in [-0.4, -0.2) is 13.5 Å². The van der Waals surface area contributed by atoms with Crippen LogP contribution < -0.4 is 15.2 Å². The van der Waals surface area contributed by atoms with Gasteiger partial charge in [0.25, 0.3) is 0 Å². The summed E-state index contributed by atoms with van der Waals surface area (Å²) >= 11 is 0. The Morgan fingerprint density at radius 3 is 2.00 bits per heavy atom. The van der Waals surface area contributed by atoms with E-state index in [2.05, 4.69) is 49.8 Å². The number of methoxy groups -OCH3 is 1. The predicted octanol–water partition coefficient (Wildman–Crippen LogP) is 6.68. The first-order chi connectivity index (χ1) is 14.5. The van der Waals surface area contributed by atoms with Gasteiger partial charge in [-0.3, -0.25) is 0 Å². The second kappa shape index (κ2) is 8.63. The zero-order valence-corrected chi connectivity index (χ0v) is 18.0. The van der Waals surface area contributed by atoms with Gasteiger partial charge in [-0.05, 0) is 63.6 Å². The number of benzene rings is 3. The molecule has 164 valence electrons. The fourth-order valence-corrected chi connectivity index (χ4v) is 3.40. The molecule has 2 N–H and O–H groups in total. The molecule has 0 spiro atoms. The van der Waals surface area contributed by atoms with E-state index >= 15 is 0 Å². The lowest BCUT2D eigenvalue weighted by Crippen LogP contribution is -2.17. The lowest BCUT2D eigenvalue weighted by Gasteiger charge is -2.19. The highest BCUT2D eigenvalue weighted by Gasteiger charge is 2.31.